The van der Waals surface area contributed by atoms with E-state index in [1.54, 1.807) is 0 Å². The Balaban J connectivity index is 2.03. The van der Waals surface area contributed by atoms with E-state index in [0.717, 1.165) is 18.6 Å². The molecule has 2 unspecified atom stereocenters. The van der Waals surface area contributed by atoms with Gasteiger partial charge in [-0.05, 0) is 57.9 Å². The molecular formula is C15H20O3. The maximum atomic E-state index is 12.2. The first kappa shape index (κ1) is 13.1. The summed E-state index contributed by atoms with van der Waals surface area (Å²) in [5.74, 6) is 0.873. The van der Waals surface area contributed by atoms with E-state index in [1.165, 1.54) is 0 Å². The van der Waals surface area contributed by atoms with Gasteiger partial charge in [-0.3, -0.25) is 4.79 Å². The van der Waals surface area contributed by atoms with Gasteiger partial charge < -0.3 is 9.47 Å². The minimum Gasteiger partial charge on any atom is -0.491 e. The average Bonchev–Trinajstić information content (AvgIpc) is 2.75. The minimum atomic E-state index is -0.267. The van der Waals surface area contributed by atoms with Crippen molar-refractivity contribution >= 4 is 5.78 Å². The van der Waals surface area contributed by atoms with Crippen molar-refractivity contribution in [2.45, 2.75) is 51.9 Å². The highest BCUT2D eigenvalue weighted by atomic mass is 16.5. The van der Waals surface area contributed by atoms with Gasteiger partial charge in [0.25, 0.3) is 0 Å². The lowest BCUT2D eigenvalue weighted by Crippen LogP contribution is -2.20. The number of hydrogen-bond donors (Lipinski definition) is 0. The molecule has 1 aromatic carbocycles. The lowest BCUT2D eigenvalue weighted by molar-refractivity contribution is 0.0433. The Hall–Kier alpha value is -1.35. The molecule has 18 heavy (non-hydrogen) atoms. The van der Waals surface area contributed by atoms with Crippen molar-refractivity contribution in [2.24, 2.45) is 0 Å². The zero-order valence-corrected chi connectivity index (χ0v) is 11.2. The number of hydrogen-bond acceptors (Lipinski definition) is 3. The first-order valence-corrected chi connectivity index (χ1v) is 6.52. The number of ketones is 1. The van der Waals surface area contributed by atoms with Crippen molar-refractivity contribution < 1.29 is 14.3 Å². The topological polar surface area (TPSA) is 35.5 Å². The van der Waals surface area contributed by atoms with Crippen molar-refractivity contribution in [3.8, 4) is 5.75 Å². The summed E-state index contributed by atoms with van der Waals surface area (Å²) in [6, 6.07) is 7.30. The molecule has 98 valence electrons. The maximum Gasteiger partial charge on any atom is 0.191 e. The van der Waals surface area contributed by atoms with Crippen molar-refractivity contribution in [2.75, 3.05) is 0 Å². The third-order valence-corrected chi connectivity index (χ3v) is 3.04. The highest BCUT2D eigenvalue weighted by Crippen LogP contribution is 2.23. The van der Waals surface area contributed by atoms with Gasteiger partial charge in [0.1, 0.15) is 11.9 Å². The SMILES string of the molecule is CC(C)Oc1ccc(C(=O)C2CCC(C)O2)cc1. The van der Waals surface area contributed by atoms with E-state index in [9.17, 15) is 4.79 Å². The molecule has 0 spiro atoms. The first-order chi connectivity index (χ1) is 8.56. The largest absolute Gasteiger partial charge is 0.491 e. The molecule has 2 atom stereocenters. The van der Waals surface area contributed by atoms with E-state index in [4.69, 9.17) is 9.47 Å². The van der Waals surface area contributed by atoms with Crippen LogP contribution in [0.15, 0.2) is 24.3 Å². The molecule has 3 heteroatoms. The fraction of sp³-hybridized carbons (Fsp3) is 0.533. The van der Waals surface area contributed by atoms with Gasteiger partial charge in [-0.15, -0.1) is 0 Å². The maximum absolute atomic E-state index is 12.2. The highest BCUT2D eigenvalue weighted by Gasteiger charge is 2.28. The molecule has 0 aromatic heterocycles. The molecule has 2 rings (SSSR count). The first-order valence-electron chi connectivity index (χ1n) is 6.52. The van der Waals surface area contributed by atoms with Crippen LogP contribution in [0.25, 0.3) is 0 Å². The summed E-state index contributed by atoms with van der Waals surface area (Å²) < 4.78 is 11.1. The van der Waals surface area contributed by atoms with Crippen LogP contribution in [0.1, 0.15) is 44.0 Å². The summed E-state index contributed by atoms with van der Waals surface area (Å²) in [5, 5.41) is 0. The van der Waals surface area contributed by atoms with Crippen molar-refractivity contribution in [1.29, 1.82) is 0 Å². The summed E-state index contributed by atoms with van der Waals surface area (Å²) in [7, 11) is 0. The number of carbonyl (C=O) groups is 1. The number of ether oxygens (including phenoxy) is 2. The third-order valence-electron chi connectivity index (χ3n) is 3.04. The van der Waals surface area contributed by atoms with Gasteiger partial charge in [0, 0.05) is 5.56 Å². The number of benzene rings is 1. The molecule has 3 nitrogen and oxygen atoms in total. The fourth-order valence-electron chi connectivity index (χ4n) is 2.15. The lowest BCUT2D eigenvalue weighted by atomic mass is 10.0. The summed E-state index contributed by atoms with van der Waals surface area (Å²) in [6.45, 7) is 5.96. The van der Waals surface area contributed by atoms with Crippen LogP contribution in [-0.4, -0.2) is 24.1 Å². The van der Waals surface area contributed by atoms with Gasteiger partial charge in [0.05, 0.1) is 12.2 Å². The Bertz CT molecular complexity index is 408. The predicted molar refractivity (Wildman–Crippen MR) is 70.1 cm³/mol. The van der Waals surface area contributed by atoms with Gasteiger partial charge in [0.2, 0.25) is 0 Å². The predicted octanol–water partition coefficient (Wildman–Crippen LogP) is 3.22. The minimum absolute atomic E-state index is 0.0791. The Morgan fingerprint density at radius 1 is 1.28 bits per heavy atom. The number of carbonyl (C=O) groups excluding carboxylic acids is 1. The van der Waals surface area contributed by atoms with Crippen molar-refractivity contribution in [1.82, 2.24) is 0 Å². The summed E-state index contributed by atoms with van der Waals surface area (Å²) in [4.78, 5) is 12.2. The highest BCUT2D eigenvalue weighted by molar-refractivity contribution is 5.99. The van der Waals surface area contributed by atoms with E-state index < -0.39 is 0 Å². The lowest BCUT2D eigenvalue weighted by Gasteiger charge is -2.12. The average molecular weight is 248 g/mol. The third kappa shape index (κ3) is 3.10. The molecular weight excluding hydrogens is 228 g/mol. The van der Waals surface area contributed by atoms with Crippen LogP contribution in [0, 0.1) is 0 Å². The van der Waals surface area contributed by atoms with E-state index in [0.29, 0.717) is 5.56 Å². The van der Waals surface area contributed by atoms with E-state index in [-0.39, 0.29) is 24.1 Å². The van der Waals surface area contributed by atoms with Crippen molar-refractivity contribution in [3.05, 3.63) is 29.8 Å². The second kappa shape index (κ2) is 5.53. The Morgan fingerprint density at radius 3 is 2.44 bits per heavy atom. The molecule has 0 aliphatic carbocycles. The van der Waals surface area contributed by atoms with E-state index in [1.807, 2.05) is 45.0 Å². The molecule has 1 aromatic rings. The number of rotatable bonds is 4. The van der Waals surface area contributed by atoms with Crippen LogP contribution in [0.5, 0.6) is 5.75 Å². The van der Waals surface area contributed by atoms with Crippen LogP contribution >= 0.6 is 0 Å². The molecule has 0 radical (unpaired) electrons. The van der Waals surface area contributed by atoms with E-state index >= 15 is 0 Å². The van der Waals surface area contributed by atoms with Crippen LogP contribution < -0.4 is 4.74 Å². The molecule has 0 N–H and O–H groups in total. The second-order valence-corrected chi connectivity index (χ2v) is 5.07. The normalized spacial score (nSPS) is 23.3. The van der Waals surface area contributed by atoms with Gasteiger partial charge in [-0.25, -0.2) is 0 Å². The molecule has 1 fully saturated rings. The molecule has 0 bridgehead atoms. The fourth-order valence-corrected chi connectivity index (χ4v) is 2.15. The molecule has 1 saturated heterocycles. The van der Waals surface area contributed by atoms with Gasteiger partial charge in [-0.1, -0.05) is 0 Å². The molecule has 1 aliphatic heterocycles. The zero-order chi connectivity index (χ0) is 13.1. The van der Waals surface area contributed by atoms with E-state index in [2.05, 4.69) is 0 Å². The Morgan fingerprint density at radius 2 is 1.94 bits per heavy atom. The van der Waals surface area contributed by atoms with Gasteiger partial charge in [0.15, 0.2) is 5.78 Å². The van der Waals surface area contributed by atoms with Crippen LogP contribution in [0.2, 0.25) is 0 Å². The van der Waals surface area contributed by atoms with Gasteiger partial charge >= 0.3 is 0 Å². The van der Waals surface area contributed by atoms with Gasteiger partial charge in [-0.2, -0.15) is 0 Å². The summed E-state index contributed by atoms with van der Waals surface area (Å²) >= 11 is 0. The van der Waals surface area contributed by atoms with Crippen LogP contribution in [0.4, 0.5) is 0 Å². The summed E-state index contributed by atoms with van der Waals surface area (Å²) in [5.41, 5.74) is 0.699. The Kier molecular flexibility index (Phi) is 4.02. The molecule has 0 saturated carbocycles. The molecule has 1 aliphatic rings. The quantitative estimate of drug-likeness (QED) is 0.767. The zero-order valence-electron chi connectivity index (χ0n) is 11.2. The smallest absolute Gasteiger partial charge is 0.191 e. The Labute approximate surface area is 108 Å². The number of Topliss-reactive ketones (excluding diaryl/α,β-unsaturated/α-hetero) is 1. The van der Waals surface area contributed by atoms with Crippen LogP contribution in [0.3, 0.4) is 0 Å². The standard InChI is InChI=1S/C15H20O3/c1-10(2)17-13-7-5-12(6-8-13)15(16)14-9-4-11(3)18-14/h5-8,10-11,14H,4,9H2,1-3H3. The summed E-state index contributed by atoms with van der Waals surface area (Å²) in [6.07, 6.45) is 1.86. The van der Waals surface area contributed by atoms with Crippen molar-refractivity contribution in [3.63, 3.8) is 0 Å². The second-order valence-electron chi connectivity index (χ2n) is 5.07. The monoisotopic (exact) mass is 248 g/mol. The molecule has 1 heterocycles. The van der Waals surface area contributed by atoms with Crippen LogP contribution in [-0.2, 0) is 4.74 Å². The molecule has 0 amide bonds.